The van der Waals surface area contributed by atoms with Crippen LogP contribution >= 0.6 is 11.6 Å². The molecular weight excluding hydrogens is 328 g/mol. The van der Waals surface area contributed by atoms with Crippen LogP contribution in [0.5, 0.6) is 17.5 Å². The molecule has 0 fully saturated rings. The molecule has 3 rings (SSSR count). The summed E-state index contributed by atoms with van der Waals surface area (Å²) in [6.45, 7) is 0.607. The van der Waals surface area contributed by atoms with E-state index in [9.17, 15) is 5.11 Å². The minimum Gasteiger partial charge on any atom is -0.508 e. The molecule has 0 bridgehead atoms. The molecule has 0 atom stereocenters. The lowest BCUT2D eigenvalue weighted by atomic mass is 10.1. The summed E-state index contributed by atoms with van der Waals surface area (Å²) in [4.78, 5) is 12.2. The van der Waals surface area contributed by atoms with E-state index in [1.54, 1.807) is 24.3 Å². The first-order chi connectivity index (χ1) is 11.7. The number of para-hydroxylation sites is 1. The van der Waals surface area contributed by atoms with Gasteiger partial charge in [0.05, 0.1) is 0 Å². The maximum absolute atomic E-state index is 9.27. The Morgan fingerprint density at radius 1 is 0.958 bits per heavy atom. The Kier molecular flexibility index (Phi) is 5.08. The van der Waals surface area contributed by atoms with Crippen molar-refractivity contribution in [2.24, 2.45) is 0 Å². The van der Waals surface area contributed by atoms with Gasteiger partial charge in [-0.05, 0) is 47.9 Å². The number of benzene rings is 2. The lowest BCUT2D eigenvalue weighted by Crippen LogP contribution is -2.09. The van der Waals surface area contributed by atoms with Crippen molar-refractivity contribution in [1.82, 2.24) is 15.0 Å². The molecule has 6 nitrogen and oxygen atoms in total. The number of nitrogens with zero attached hydrogens (tertiary/aromatic N) is 3. The quantitative estimate of drug-likeness (QED) is 0.711. The first-order valence-electron chi connectivity index (χ1n) is 7.35. The summed E-state index contributed by atoms with van der Waals surface area (Å²) < 4.78 is 5.56. The van der Waals surface area contributed by atoms with Crippen molar-refractivity contribution in [3.63, 3.8) is 0 Å². The van der Waals surface area contributed by atoms with Crippen LogP contribution in [-0.2, 0) is 6.42 Å². The van der Waals surface area contributed by atoms with Crippen LogP contribution in [0.1, 0.15) is 5.56 Å². The smallest absolute Gasteiger partial charge is 0.328 e. The van der Waals surface area contributed by atoms with Gasteiger partial charge in [-0.3, -0.25) is 0 Å². The Hall–Kier alpha value is -2.86. The number of aromatic hydroxyl groups is 1. The third-order valence-corrected chi connectivity index (χ3v) is 3.34. The van der Waals surface area contributed by atoms with E-state index in [4.69, 9.17) is 16.3 Å². The zero-order valence-electron chi connectivity index (χ0n) is 12.7. The van der Waals surface area contributed by atoms with Crippen molar-refractivity contribution in [3.05, 3.63) is 65.4 Å². The highest BCUT2D eigenvalue weighted by molar-refractivity contribution is 6.28. The third kappa shape index (κ3) is 4.57. The molecule has 122 valence electrons. The number of nitrogens with one attached hydrogen (secondary N) is 1. The first-order valence-corrected chi connectivity index (χ1v) is 7.73. The predicted octanol–water partition coefficient (Wildman–Crippen LogP) is 3.68. The van der Waals surface area contributed by atoms with Gasteiger partial charge < -0.3 is 15.2 Å². The van der Waals surface area contributed by atoms with E-state index in [2.05, 4.69) is 20.3 Å². The van der Waals surface area contributed by atoms with Crippen molar-refractivity contribution < 1.29 is 9.84 Å². The molecule has 1 aromatic heterocycles. The van der Waals surface area contributed by atoms with Crippen molar-refractivity contribution in [2.45, 2.75) is 6.42 Å². The Balaban J connectivity index is 1.62. The monoisotopic (exact) mass is 342 g/mol. The second-order valence-electron chi connectivity index (χ2n) is 4.97. The molecule has 0 radical (unpaired) electrons. The number of ether oxygens (including phenoxy) is 1. The number of halogens is 1. The highest BCUT2D eigenvalue weighted by Crippen LogP contribution is 2.19. The minimum atomic E-state index is 0.0584. The van der Waals surface area contributed by atoms with Crippen LogP contribution in [0.2, 0.25) is 5.28 Å². The van der Waals surface area contributed by atoms with Gasteiger partial charge in [0, 0.05) is 6.54 Å². The number of hydrogen-bond acceptors (Lipinski definition) is 6. The van der Waals surface area contributed by atoms with E-state index in [0.717, 1.165) is 12.0 Å². The van der Waals surface area contributed by atoms with Crippen LogP contribution in [0.15, 0.2) is 54.6 Å². The molecular formula is C17H15ClN4O2. The van der Waals surface area contributed by atoms with Gasteiger partial charge in [0.1, 0.15) is 11.5 Å². The maximum Gasteiger partial charge on any atom is 0.328 e. The number of anilines is 1. The van der Waals surface area contributed by atoms with Crippen LogP contribution in [0.4, 0.5) is 5.95 Å². The number of aromatic nitrogens is 3. The second-order valence-corrected chi connectivity index (χ2v) is 5.31. The molecule has 0 aliphatic heterocycles. The summed E-state index contributed by atoms with van der Waals surface area (Å²) in [5.74, 6) is 1.22. The van der Waals surface area contributed by atoms with E-state index in [1.807, 2.05) is 30.3 Å². The summed E-state index contributed by atoms with van der Waals surface area (Å²) in [5, 5.41) is 12.4. The minimum absolute atomic E-state index is 0.0584. The van der Waals surface area contributed by atoms with Crippen molar-refractivity contribution in [2.75, 3.05) is 11.9 Å². The SMILES string of the molecule is Oc1ccc(CCNc2nc(Cl)nc(Oc3ccccc3)n2)cc1. The molecule has 1 heterocycles. The van der Waals surface area contributed by atoms with E-state index in [1.165, 1.54) is 0 Å². The zero-order valence-corrected chi connectivity index (χ0v) is 13.4. The Labute approximate surface area is 144 Å². The summed E-state index contributed by atoms with van der Waals surface area (Å²) >= 11 is 5.92. The molecule has 7 heteroatoms. The van der Waals surface area contributed by atoms with Gasteiger partial charge in [0.15, 0.2) is 0 Å². The van der Waals surface area contributed by atoms with Crippen LogP contribution in [0, 0.1) is 0 Å². The van der Waals surface area contributed by atoms with Crippen LogP contribution in [-0.4, -0.2) is 26.6 Å². The zero-order chi connectivity index (χ0) is 16.8. The van der Waals surface area contributed by atoms with E-state index in [-0.39, 0.29) is 17.0 Å². The first kappa shape index (κ1) is 16.0. The molecule has 0 saturated heterocycles. The van der Waals surface area contributed by atoms with Gasteiger partial charge in [-0.2, -0.15) is 15.0 Å². The average molecular weight is 343 g/mol. The van der Waals surface area contributed by atoms with Crippen LogP contribution < -0.4 is 10.1 Å². The standard InChI is InChI=1S/C17H15ClN4O2/c18-15-20-16(19-11-10-12-6-8-13(23)9-7-12)22-17(21-15)24-14-4-2-1-3-5-14/h1-9,23H,10-11H2,(H,19,20,21,22). The molecule has 0 saturated carbocycles. The van der Waals surface area contributed by atoms with Gasteiger partial charge >= 0.3 is 6.01 Å². The Bertz CT molecular complexity index is 797. The van der Waals surface area contributed by atoms with E-state index in [0.29, 0.717) is 18.2 Å². The van der Waals surface area contributed by atoms with Gasteiger partial charge in [-0.1, -0.05) is 30.3 Å². The fourth-order valence-electron chi connectivity index (χ4n) is 2.03. The Morgan fingerprint density at radius 3 is 2.46 bits per heavy atom. The van der Waals surface area contributed by atoms with Gasteiger partial charge in [0.2, 0.25) is 11.2 Å². The molecule has 0 amide bonds. The molecule has 2 N–H and O–H groups in total. The van der Waals surface area contributed by atoms with Crippen LogP contribution in [0.3, 0.4) is 0 Å². The Morgan fingerprint density at radius 2 is 1.71 bits per heavy atom. The number of phenolic OH excluding ortho intramolecular Hbond substituents is 1. The van der Waals surface area contributed by atoms with Gasteiger partial charge in [-0.25, -0.2) is 0 Å². The fraction of sp³-hybridized carbons (Fsp3) is 0.118. The molecule has 3 aromatic rings. The number of hydrogen-bond donors (Lipinski definition) is 2. The lowest BCUT2D eigenvalue weighted by Gasteiger charge is -2.08. The fourth-order valence-corrected chi connectivity index (χ4v) is 2.18. The van der Waals surface area contributed by atoms with Gasteiger partial charge in [-0.15, -0.1) is 0 Å². The second kappa shape index (κ2) is 7.61. The third-order valence-electron chi connectivity index (χ3n) is 3.17. The normalized spacial score (nSPS) is 10.4. The molecule has 0 aliphatic rings. The summed E-state index contributed by atoms with van der Waals surface area (Å²) in [6, 6.07) is 16.4. The van der Waals surface area contributed by atoms with Gasteiger partial charge in [0.25, 0.3) is 0 Å². The summed E-state index contributed by atoms with van der Waals surface area (Å²) in [6.07, 6.45) is 0.748. The maximum atomic E-state index is 9.27. The van der Waals surface area contributed by atoms with E-state index >= 15 is 0 Å². The molecule has 0 spiro atoms. The lowest BCUT2D eigenvalue weighted by molar-refractivity contribution is 0.440. The predicted molar refractivity (Wildman–Crippen MR) is 91.7 cm³/mol. The van der Waals surface area contributed by atoms with Crippen LogP contribution in [0.25, 0.3) is 0 Å². The number of phenols is 1. The summed E-state index contributed by atoms with van der Waals surface area (Å²) in [5.41, 5.74) is 1.08. The molecule has 0 aliphatic carbocycles. The van der Waals surface area contributed by atoms with Crippen molar-refractivity contribution in [1.29, 1.82) is 0 Å². The number of rotatable bonds is 6. The van der Waals surface area contributed by atoms with Crippen molar-refractivity contribution >= 4 is 17.5 Å². The average Bonchev–Trinajstić information content (AvgIpc) is 2.57. The molecule has 0 unspecified atom stereocenters. The van der Waals surface area contributed by atoms with Crippen molar-refractivity contribution in [3.8, 4) is 17.5 Å². The largest absolute Gasteiger partial charge is 0.508 e. The molecule has 24 heavy (non-hydrogen) atoms. The highest BCUT2D eigenvalue weighted by Gasteiger charge is 2.07. The molecule has 2 aromatic carbocycles. The highest BCUT2D eigenvalue weighted by atomic mass is 35.5. The topological polar surface area (TPSA) is 80.2 Å². The summed E-state index contributed by atoms with van der Waals surface area (Å²) in [7, 11) is 0. The van der Waals surface area contributed by atoms with E-state index < -0.39 is 0 Å².